The number of hydrogen-bond donors (Lipinski definition) is 1. The molecule has 1 N–H and O–H groups in total. The largest absolute Gasteiger partial charge is 0.489 e. The van der Waals surface area contributed by atoms with Gasteiger partial charge in [-0.05, 0) is 56.6 Å². The van der Waals surface area contributed by atoms with Crippen molar-refractivity contribution in [2.75, 3.05) is 6.54 Å². The molecule has 0 radical (unpaired) electrons. The van der Waals surface area contributed by atoms with E-state index in [-0.39, 0.29) is 0 Å². The maximum absolute atomic E-state index is 5.91. The third-order valence-electron chi connectivity index (χ3n) is 3.49. The summed E-state index contributed by atoms with van der Waals surface area (Å²) in [5, 5.41) is 3.36. The minimum absolute atomic E-state index is 0.650. The van der Waals surface area contributed by atoms with Gasteiger partial charge in [-0.25, -0.2) is 0 Å². The fourth-order valence-electron chi connectivity index (χ4n) is 2.03. The first-order valence-corrected chi connectivity index (χ1v) is 7.90. The molecule has 1 aromatic heterocycles. The summed E-state index contributed by atoms with van der Waals surface area (Å²) in [4.78, 5) is 2.73. The Morgan fingerprint density at radius 1 is 1.10 bits per heavy atom. The summed E-state index contributed by atoms with van der Waals surface area (Å²) in [7, 11) is 0. The first kappa shape index (κ1) is 15.1. The first-order valence-electron chi connectivity index (χ1n) is 7.09. The van der Waals surface area contributed by atoms with Crippen LogP contribution in [0.3, 0.4) is 0 Å². The molecule has 2 rings (SSSR count). The molecule has 0 amide bonds. The molecule has 3 heteroatoms. The molecular weight excluding hydrogens is 266 g/mol. The number of ether oxygens (including phenoxy) is 1. The lowest BCUT2D eigenvalue weighted by Gasteiger charge is -2.08. The molecule has 0 saturated carbocycles. The fraction of sp³-hybridized carbons (Fsp3) is 0.412. The van der Waals surface area contributed by atoms with Crippen LogP contribution in [0.25, 0.3) is 0 Å². The Labute approximate surface area is 125 Å². The average Bonchev–Trinajstić information content (AvgIpc) is 2.78. The van der Waals surface area contributed by atoms with Crippen LogP contribution >= 0.6 is 11.3 Å². The highest BCUT2D eigenvalue weighted by Crippen LogP contribution is 2.24. The Morgan fingerprint density at radius 3 is 2.60 bits per heavy atom. The van der Waals surface area contributed by atoms with Gasteiger partial charge >= 0.3 is 0 Å². The van der Waals surface area contributed by atoms with Gasteiger partial charge in [0, 0.05) is 21.9 Å². The monoisotopic (exact) mass is 289 g/mol. The molecule has 0 unspecified atom stereocenters. The maximum Gasteiger partial charge on any atom is 0.120 e. The Hall–Kier alpha value is -1.32. The van der Waals surface area contributed by atoms with Crippen molar-refractivity contribution in [2.24, 2.45) is 0 Å². The molecule has 0 atom stereocenters. The zero-order valence-electron chi connectivity index (χ0n) is 12.7. The van der Waals surface area contributed by atoms with E-state index in [0.29, 0.717) is 6.61 Å². The van der Waals surface area contributed by atoms with Crippen LogP contribution in [0, 0.1) is 20.8 Å². The number of thiophene rings is 1. The van der Waals surface area contributed by atoms with E-state index < -0.39 is 0 Å². The topological polar surface area (TPSA) is 21.3 Å². The van der Waals surface area contributed by atoms with E-state index in [0.717, 1.165) is 18.8 Å². The molecular formula is C17H23NOS. The highest BCUT2D eigenvalue weighted by molar-refractivity contribution is 7.12. The molecule has 0 aliphatic heterocycles. The van der Waals surface area contributed by atoms with E-state index in [1.165, 1.54) is 26.4 Å². The highest BCUT2D eigenvalue weighted by atomic mass is 32.1. The van der Waals surface area contributed by atoms with Crippen LogP contribution < -0.4 is 10.1 Å². The summed E-state index contributed by atoms with van der Waals surface area (Å²) in [6.07, 6.45) is 0. The minimum atomic E-state index is 0.650. The standard InChI is InChI=1S/C17H23NOS/c1-5-18-10-17-9-15(14(4)20-17)11-19-16-7-6-12(2)13(3)8-16/h6-9,18H,5,10-11H2,1-4H3. The van der Waals surface area contributed by atoms with E-state index in [1.807, 2.05) is 17.4 Å². The lowest BCUT2D eigenvalue weighted by molar-refractivity contribution is 0.305. The maximum atomic E-state index is 5.91. The van der Waals surface area contributed by atoms with Gasteiger partial charge in [0.05, 0.1) is 0 Å². The molecule has 0 aliphatic rings. The van der Waals surface area contributed by atoms with E-state index in [2.05, 4.69) is 51.2 Å². The molecule has 0 aliphatic carbocycles. The van der Waals surface area contributed by atoms with Gasteiger partial charge in [0.2, 0.25) is 0 Å². The van der Waals surface area contributed by atoms with Crippen LogP contribution in [0.15, 0.2) is 24.3 Å². The summed E-state index contributed by atoms with van der Waals surface area (Å²) in [6.45, 7) is 11.1. The third kappa shape index (κ3) is 3.84. The third-order valence-corrected chi connectivity index (χ3v) is 4.59. The molecule has 2 aromatic rings. The van der Waals surface area contributed by atoms with Crippen molar-refractivity contribution in [2.45, 2.75) is 40.8 Å². The van der Waals surface area contributed by atoms with Crippen molar-refractivity contribution in [3.8, 4) is 5.75 Å². The van der Waals surface area contributed by atoms with Crippen LogP contribution in [0.2, 0.25) is 0 Å². The SMILES string of the molecule is CCNCc1cc(COc2ccc(C)c(C)c2)c(C)s1. The van der Waals surface area contributed by atoms with Crippen molar-refractivity contribution in [3.63, 3.8) is 0 Å². The highest BCUT2D eigenvalue weighted by Gasteiger charge is 2.06. The van der Waals surface area contributed by atoms with Crippen molar-refractivity contribution >= 4 is 11.3 Å². The molecule has 1 heterocycles. The molecule has 20 heavy (non-hydrogen) atoms. The second kappa shape index (κ2) is 6.91. The zero-order chi connectivity index (χ0) is 14.5. The molecule has 1 aromatic carbocycles. The number of hydrogen-bond acceptors (Lipinski definition) is 3. The number of benzene rings is 1. The van der Waals surface area contributed by atoms with E-state index in [4.69, 9.17) is 4.74 Å². The van der Waals surface area contributed by atoms with Crippen LogP contribution in [-0.2, 0) is 13.2 Å². The number of aryl methyl sites for hydroxylation is 3. The zero-order valence-corrected chi connectivity index (χ0v) is 13.6. The summed E-state index contributed by atoms with van der Waals surface area (Å²) >= 11 is 1.85. The Balaban J connectivity index is 1.99. The van der Waals surface area contributed by atoms with Crippen LogP contribution in [-0.4, -0.2) is 6.54 Å². The van der Waals surface area contributed by atoms with Crippen LogP contribution in [0.5, 0.6) is 5.75 Å². The molecule has 0 spiro atoms. The van der Waals surface area contributed by atoms with Crippen LogP contribution in [0.1, 0.15) is 33.4 Å². The van der Waals surface area contributed by atoms with Crippen molar-refractivity contribution in [1.29, 1.82) is 0 Å². The van der Waals surface area contributed by atoms with Gasteiger partial charge in [-0.1, -0.05) is 13.0 Å². The first-order chi connectivity index (χ1) is 9.60. The van der Waals surface area contributed by atoms with Crippen molar-refractivity contribution < 1.29 is 4.74 Å². The second-order valence-electron chi connectivity index (χ2n) is 5.11. The summed E-state index contributed by atoms with van der Waals surface area (Å²) in [5.41, 5.74) is 3.87. The minimum Gasteiger partial charge on any atom is -0.489 e. The molecule has 0 bridgehead atoms. The predicted molar refractivity (Wildman–Crippen MR) is 86.7 cm³/mol. The van der Waals surface area contributed by atoms with Gasteiger partial charge in [-0.3, -0.25) is 0 Å². The second-order valence-corrected chi connectivity index (χ2v) is 6.45. The summed E-state index contributed by atoms with van der Waals surface area (Å²) in [5.74, 6) is 0.951. The normalized spacial score (nSPS) is 10.8. The molecule has 2 nitrogen and oxygen atoms in total. The van der Waals surface area contributed by atoms with Crippen molar-refractivity contribution in [1.82, 2.24) is 5.32 Å². The quantitative estimate of drug-likeness (QED) is 0.853. The van der Waals surface area contributed by atoms with Gasteiger partial charge in [0.25, 0.3) is 0 Å². The lowest BCUT2D eigenvalue weighted by atomic mass is 10.1. The Kier molecular flexibility index (Phi) is 5.21. The van der Waals surface area contributed by atoms with E-state index in [9.17, 15) is 0 Å². The molecule has 108 valence electrons. The van der Waals surface area contributed by atoms with E-state index in [1.54, 1.807) is 0 Å². The van der Waals surface area contributed by atoms with Crippen molar-refractivity contribution in [3.05, 3.63) is 50.7 Å². The summed E-state index contributed by atoms with van der Waals surface area (Å²) in [6, 6.07) is 8.52. The summed E-state index contributed by atoms with van der Waals surface area (Å²) < 4.78 is 5.91. The van der Waals surface area contributed by atoms with Gasteiger partial charge in [-0.2, -0.15) is 0 Å². The van der Waals surface area contributed by atoms with Gasteiger partial charge in [-0.15, -0.1) is 11.3 Å². The fourth-order valence-corrected chi connectivity index (χ4v) is 3.05. The smallest absolute Gasteiger partial charge is 0.120 e. The van der Waals surface area contributed by atoms with Gasteiger partial charge in [0.1, 0.15) is 12.4 Å². The predicted octanol–water partition coefficient (Wildman–Crippen LogP) is 4.36. The number of rotatable bonds is 6. The van der Waals surface area contributed by atoms with Gasteiger partial charge < -0.3 is 10.1 Å². The van der Waals surface area contributed by atoms with Crippen LogP contribution in [0.4, 0.5) is 0 Å². The van der Waals surface area contributed by atoms with E-state index >= 15 is 0 Å². The van der Waals surface area contributed by atoms with Gasteiger partial charge in [0.15, 0.2) is 0 Å². The molecule has 0 saturated heterocycles. The lowest BCUT2D eigenvalue weighted by Crippen LogP contribution is -2.10. The number of nitrogens with one attached hydrogen (secondary N) is 1. The Morgan fingerprint density at radius 2 is 1.90 bits per heavy atom. The Bertz CT molecular complexity index is 574. The average molecular weight is 289 g/mol. The molecule has 0 fully saturated rings.